The summed E-state index contributed by atoms with van der Waals surface area (Å²) in [6.07, 6.45) is 2.93. The smallest absolute Gasteiger partial charge is 0.354 e. The maximum Gasteiger partial charge on any atom is 0.354 e. The molecule has 0 aliphatic carbocycles. The second-order valence-corrected chi connectivity index (χ2v) is 8.80. The van der Waals surface area contributed by atoms with Crippen LogP contribution >= 0.6 is 0 Å². The highest BCUT2D eigenvalue weighted by molar-refractivity contribution is 6.00. The molecule has 2 fully saturated rings. The Kier molecular flexibility index (Phi) is 4.66. The van der Waals surface area contributed by atoms with Crippen molar-refractivity contribution >= 4 is 22.7 Å². The summed E-state index contributed by atoms with van der Waals surface area (Å²) in [6.45, 7) is 3.77. The number of ether oxygens (including phenoxy) is 1. The number of fused-ring (bicyclic) bond motifs is 3. The molecule has 166 valence electrons. The average molecular weight is 441 g/mol. The third-order valence-corrected chi connectivity index (χ3v) is 6.62. The molecule has 0 spiro atoms. The molecule has 7 nitrogen and oxygen atoms in total. The second-order valence-electron chi connectivity index (χ2n) is 8.80. The van der Waals surface area contributed by atoms with Gasteiger partial charge in [-0.1, -0.05) is 30.3 Å². The molecule has 7 heteroatoms. The molecule has 1 N–H and O–H groups in total. The number of aromatic nitrogens is 3. The van der Waals surface area contributed by atoms with E-state index in [0.29, 0.717) is 17.9 Å². The molecule has 4 aromatic rings. The molecule has 4 heterocycles. The Labute approximate surface area is 191 Å². The molecule has 33 heavy (non-hydrogen) atoms. The van der Waals surface area contributed by atoms with E-state index in [9.17, 15) is 9.90 Å². The lowest BCUT2D eigenvalue weighted by Crippen LogP contribution is -2.42. The van der Waals surface area contributed by atoms with E-state index in [1.807, 2.05) is 37.3 Å². The van der Waals surface area contributed by atoms with Crippen molar-refractivity contribution in [2.75, 3.05) is 18.0 Å². The van der Waals surface area contributed by atoms with Gasteiger partial charge in [0.2, 0.25) is 0 Å². The largest absolute Gasteiger partial charge is 0.477 e. The normalized spacial score (nSPS) is 19.8. The topological polar surface area (TPSA) is 80.5 Å². The number of aryl methyl sites for hydroxylation is 1. The summed E-state index contributed by atoms with van der Waals surface area (Å²) >= 11 is 0. The van der Waals surface area contributed by atoms with Gasteiger partial charge in [-0.2, -0.15) is 5.10 Å². The summed E-state index contributed by atoms with van der Waals surface area (Å²) in [6, 6.07) is 19.7. The first kappa shape index (κ1) is 19.9. The number of nitrogens with zero attached hydrogens (tertiary/aromatic N) is 4. The number of pyridine rings is 1. The molecular formula is C26H24N4O3. The Morgan fingerprint density at radius 3 is 2.36 bits per heavy atom. The van der Waals surface area contributed by atoms with Crippen LogP contribution in [0.15, 0.2) is 60.7 Å². The van der Waals surface area contributed by atoms with Crippen molar-refractivity contribution in [2.45, 2.75) is 32.0 Å². The Bertz CT molecular complexity index is 1340. The highest BCUT2D eigenvalue weighted by Crippen LogP contribution is 2.35. The van der Waals surface area contributed by atoms with E-state index in [2.05, 4.69) is 34.1 Å². The zero-order chi connectivity index (χ0) is 22.5. The first-order chi connectivity index (χ1) is 16.1. The quantitative estimate of drug-likeness (QED) is 0.505. The number of hydrogen-bond donors (Lipinski definition) is 1. The number of aromatic carboxylic acids is 1. The molecule has 0 saturated carbocycles. The van der Waals surface area contributed by atoms with Gasteiger partial charge in [0.1, 0.15) is 0 Å². The van der Waals surface area contributed by atoms with E-state index in [1.54, 1.807) is 10.7 Å². The Hall–Kier alpha value is -3.71. The van der Waals surface area contributed by atoms with Crippen LogP contribution in [0.5, 0.6) is 0 Å². The molecule has 2 unspecified atom stereocenters. The third kappa shape index (κ3) is 3.45. The van der Waals surface area contributed by atoms with Gasteiger partial charge >= 0.3 is 5.97 Å². The van der Waals surface area contributed by atoms with E-state index in [-0.39, 0.29) is 5.69 Å². The minimum absolute atomic E-state index is 0.00316. The number of carboxylic acids is 1. The van der Waals surface area contributed by atoms with Gasteiger partial charge in [0.25, 0.3) is 0 Å². The fourth-order valence-corrected chi connectivity index (χ4v) is 5.05. The van der Waals surface area contributed by atoms with Gasteiger partial charge in [-0.25, -0.2) is 14.5 Å². The van der Waals surface area contributed by atoms with Gasteiger partial charge in [0.15, 0.2) is 11.3 Å². The van der Waals surface area contributed by atoms with Gasteiger partial charge in [-0.05, 0) is 61.2 Å². The van der Waals surface area contributed by atoms with Gasteiger partial charge in [0, 0.05) is 18.8 Å². The van der Waals surface area contributed by atoms with Crippen LogP contribution in [0.4, 0.5) is 5.69 Å². The highest BCUT2D eigenvalue weighted by Gasteiger charge is 2.33. The number of hydrogen-bond acceptors (Lipinski definition) is 5. The molecule has 2 bridgehead atoms. The fraction of sp³-hybridized carbons (Fsp3) is 0.269. The summed E-state index contributed by atoms with van der Waals surface area (Å²) in [4.78, 5) is 18.7. The molecule has 2 atom stereocenters. The summed E-state index contributed by atoms with van der Waals surface area (Å²) in [5.41, 5.74) is 5.13. The molecule has 2 aromatic heterocycles. The van der Waals surface area contributed by atoms with E-state index in [0.717, 1.165) is 53.8 Å². The molecule has 0 amide bonds. The Balaban J connectivity index is 1.45. The van der Waals surface area contributed by atoms with Crippen molar-refractivity contribution in [3.8, 4) is 16.8 Å². The summed E-state index contributed by atoms with van der Waals surface area (Å²) in [5, 5.41) is 15.3. The number of carbonyl (C=O) groups is 1. The molecule has 0 radical (unpaired) electrons. The van der Waals surface area contributed by atoms with Crippen LogP contribution in [0.25, 0.3) is 27.8 Å². The Morgan fingerprint density at radius 1 is 1.00 bits per heavy atom. The van der Waals surface area contributed by atoms with Crippen LogP contribution in [0.1, 0.15) is 29.0 Å². The van der Waals surface area contributed by atoms with Crippen LogP contribution in [-0.2, 0) is 4.74 Å². The number of anilines is 1. The number of para-hydroxylation sites is 1. The summed E-state index contributed by atoms with van der Waals surface area (Å²) in [5.74, 6) is -1.06. The van der Waals surface area contributed by atoms with Crippen LogP contribution in [0.2, 0.25) is 0 Å². The van der Waals surface area contributed by atoms with E-state index < -0.39 is 5.97 Å². The maximum absolute atomic E-state index is 11.9. The highest BCUT2D eigenvalue weighted by atomic mass is 16.5. The maximum atomic E-state index is 11.9. The minimum Gasteiger partial charge on any atom is -0.477 e. The monoisotopic (exact) mass is 440 g/mol. The number of rotatable bonds is 4. The zero-order valence-electron chi connectivity index (χ0n) is 18.3. The van der Waals surface area contributed by atoms with Gasteiger partial charge in [0.05, 0.1) is 29.0 Å². The standard InChI is InChI=1S/C26H24N4O3/c1-16-24-22(17-7-9-18(10-8-17)29-14-20-11-12-21(15-29)33-20)13-23(26(31)32)27-25(24)30(28-16)19-5-3-2-4-6-19/h2-10,13,20-21H,11-12,14-15H2,1H3,(H,31,32). The summed E-state index contributed by atoms with van der Waals surface area (Å²) in [7, 11) is 0. The summed E-state index contributed by atoms with van der Waals surface area (Å²) < 4.78 is 7.69. The van der Waals surface area contributed by atoms with Crippen molar-refractivity contribution < 1.29 is 14.6 Å². The lowest BCUT2D eigenvalue weighted by molar-refractivity contribution is 0.0305. The van der Waals surface area contributed by atoms with Crippen molar-refractivity contribution in [1.82, 2.24) is 14.8 Å². The molecule has 2 saturated heterocycles. The molecule has 2 aliphatic rings. The molecule has 2 aliphatic heterocycles. The fourth-order valence-electron chi connectivity index (χ4n) is 5.05. The zero-order valence-corrected chi connectivity index (χ0v) is 18.3. The number of morpholine rings is 1. The van der Waals surface area contributed by atoms with Gasteiger partial charge < -0.3 is 14.7 Å². The van der Waals surface area contributed by atoms with Crippen LogP contribution in [-0.4, -0.2) is 51.1 Å². The van der Waals surface area contributed by atoms with Crippen molar-refractivity contribution in [2.24, 2.45) is 0 Å². The van der Waals surface area contributed by atoms with E-state index in [4.69, 9.17) is 9.84 Å². The Morgan fingerprint density at radius 2 is 1.70 bits per heavy atom. The van der Waals surface area contributed by atoms with E-state index >= 15 is 0 Å². The second kappa shape index (κ2) is 7.71. The van der Waals surface area contributed by atoms with Crippen LogP contribution in [0.3, 0.4) is 0 Å². The number of benzene rings is 2. The van der Waals surface area contributed by atoms with Gasteiger partial charge in [-0.3, -0.25) is 0 Å². The van der Waals surface area contributed by atoms with E-state index in [1.165, 1.54) is 5.69 Å². The lowest BCUT2D eigenvalue weighted by atomic mass is 10.0. The predicted molar refractivity (Wildman–Crippen MR) is 126 cm³/mol. The van der Waals surface area contributed by atoms with Crippen molar-refractivity contribution in [3.63, 3.8) is 0 Å². The molecular weight excluding hydrogens is 416 g/mol. The molecule has 2 aromatic carbocycles. The SMILES string of the molecule is Cc1nn(-c2ccccc2)c2nc(C(=O)O)cc(-c3ccc(N4CC5CCC(C4)O5)cc3)c12. The minimum atomic E-state index is -1.06. The van der Waals surface area contributed by atoms with Crippen LogP contribution in [0, 0.1) is 6.92 Å². The lowest BCUT2D eigenvalue weighted by Gasteiger charge is -2.34. The van der Waals surface area contributed by atoms with Crippen molar-refractivity contribution in [3.05, 3.63) is 72.1 Å². The van der Waals surface area contributed by atoms with Crippen molar-refractivity contribution in [1.29, 1.82) is 0 Å². The number of carboxylic acid groups (broad SMARTS) is 1. The predicted octanol–water partition coefficient (Wildman–Crippen LogP) is 4.46. The first-order valence-corrected chi connectivity index (χ1v) is 11.3. The first-order valence-electron chi connectivity index (χ1n) is 11.3. The van der Waals surface area contributed by atoms with Crippen LogP contribution < -0.4 is 4.90 Å². The molecule has 6 rings (SSSR count). The third-order valence-electron chi connectivity index (χ3n) is 6.62. The average Bonchev–Trinajstić information content (AvgIpc) is 3.37. The van der Waals surface area contributed by atoms with Gasteiger partial charge in [-0.15, -0.1) is 0 Å².